The maximum atomic E-state index is 6.06. The van der Waals surface area contributed by atoms with Crippen LogP contribution in [0.4, 0.5) is 0 Å². The van der Waals surface area contributed by atoms with E-state index in [4.69, 9.17) is 21.1 Å². The summed E-state index contributed by atoms with van der Waals surface area (Å²) < 4.78 is 12.0. The lowest BCUT2D eigenvalue weighted by atomic mass is 10.2. The number of halogens is 2. The summed E-state index contributed by atoms with van der Waals surface area (Å²) in [6.45, 7) is 0.561. The minimum atomic E-state index is 0.561. The molecule has 0 radical (unpaired) electrons. The molecule has 1 aromatic heterocycles. The number of hydrogen-bond donors (Lipinski definition) is 1. The van der Waals surface area contributed by atoms with E-state index in [2.05, 4.69) is 31.1 Å². The molecule has 0 saturated carbocycles. The maximum Gasteiger partial charge on any atom is 0.208 e. The Balaban J connectivity index is 1.58. The van der Waals surface area contributed by atoms with Crippen LogP contribution in [0.2, 0.25) is 5.02 Å². The number of H-pyrrole nitrogens is 1. The molecule has 0 aliphatic carbocycles. The number of methoxy groups -OCH3 is 1. The van der Waals surface area contributed by atoms with Crippen molar-refractivity contribution in [3.05, 3.63) is 52.0 Å². The minimum Gasteiger partial charge on any atom is -0.496 e. The van der Waals surface area contributed by atoms with E-state index in [1.165, 1.54) is 11.8 Å². The Hall–Kier alpha value is -1.70. The Morgan fingerprint density at radius 1 is 1.24 bits per heavy atom. The zero-order valence-electron chi connectivity index (χ0n) is 13.3. The molecule has 0 aliphatic heterocycles. The van der Waals surface area contributed by atoms with E-state index < -0.39 is 0 Å². The second-order valence-electron chi connectivity index (χ2n) is 4.97. The number of rotatable bonds is 7. The molecule has 8 heteroatoms. The normalized spacial score (nSPS) is 10.7. The number of ether oxygens (including phenoxy) is 2. The number of nitrogens with zero attached hydrogens (tertiary/aromatic N) is 2. The lowest BCUT2D eigenvalue weighted by molar-refractivity contribution is 0.343. The first-order chi connectivity index (χ1) is 12.2. The SMILES string of the molecule is COc1ccc(Cl)cc1-c1nc(SCCOc2cccc(Br)c2)n[nH]1. The molecule has 0 unspecified atom stereocenters. The van der Waals surface area contributed by atoms with Crippen LogP contribution in [0.15, 0.2) is 52.1 Å². The van der Waals surface area contributed by atoms with E-state index >= 15 is 0 Å². The van der Waals surface area contributed by atoms with Gasteiger partial charge in [0.2, 0.25) is 5.16 Å². The molecular formula is C17H15BrClN3O2S. The largest absolute Gasteiger partial charge is 0.496 e. The fourth-order valence-corrected chi connectivity index (χ4v) is 3.31. The molecule has 0 aliphatic rings. The molecular weight excluding hydrogens is 426 g/mol. The van der Waals surface area contributed by atoms with Crippen molar-refractivity contribution in [3.8, 4) is 22.9 Å². The van der Waals surface area contributed by atoms with Crippen molar-refractivity contribution in [2.75, 3.05) is 19.5 Å². The fraction of sp³-hybridized carbons (Fsp3) is 0.176. The van der Waals surface area contributed by atoms with E-state index in [1.807, 2.05) is 24.3 Å². The monoisotopic (exact) mass is 439 g/mol. The standard InChI is InChI=1S/C17H15BrClN3O2S/c1-23-15-6-5-12(19)10-14(15)16-20-17(22-21-16)25-8-7-24-13-4-2-3-11(18)9-13/h2-6,9-10H,7-8H2,1H3,(H,20,21,22). The van der Waals surface area contributed by atoms with Gasteiger partial charge in [-0.2, -0.15) is 0 Å². The average molecular weight is 441 g/mol. The second-order valence-corrected chi connectivity index (χ2v) is 7.38. The Morgan fingerprint density at radius 2 is 2.12 bits per heavy atom. The predicted octanol–water partition coefficient (Wildman–Crippen LogP) is 5.07. The van der Waals surface area contributed by atoms with Gasteiger partial charge in [0.25, 0.3) is 0 Å². The van der Waals surface area contributed by atoms with Crippen molar-refractivity contribution in [1.29, 1.82) is 0 Å². The molecule has 3 aromatic rings. The molecule has 1 N–H and O–H groups in total. The van der Waals surface area contributed by atoms with Gasteiger partial charge >= 0.3 is 0 Å². The van der Waals surface area contributed by atoms with Gasteiger partial charge in [-0.1, -0.05) is 45.4 Å². The fourth-order valence-electron chi connectivity index (χ4n) is 2.15. The molecule has 0 amide bonds. The van der Waals surface area contributed by atoms with Crippen LogP contribution in [0, 0.1) is 0 Å². The minimum absolute atomic E-state index is 0.561. The summed E-state index contributed by atoms with van der Waals surface area (Å²) in [5.41, 5.74) is 0.778. The van der Waals surface area contributed by atoms with E-state index in [-0.39, 0.29) is 0 Å². The molecule has 0 bridgehead atoms. The first kappa shape index (κ1) is 18.1. The number of nitrogens with one attached hydrogen (secondary N) is 1. The zero-order chi connectivity index (χ0) is 17.6. The highest BCUT2D eigenvalue weighted by Gasteiger charge is 2.12. The van der Waals surface area contributed by atoms with Gasteiger partial charge in [-0.15, -0.1) is 5.10 Å². The Kier molecular flexibility index (Phi) is 6.23. The van der Waals surface area contributed by atoms with Crippen molar-refractivity contribution >= 4 is 39.3 Å². The molecule has 130 valence electrons. The molecule has 0 saturated heterocycles. The van der Waals surface area contributed by atoms with Crippen LogP contribution in [0.3, 0.4) is 0 Å². The summed E-state index contributed by atoms with van der Waals surface area (Å²) in [7, 11) is 1.61. The highest BCUT2D eigenvalue weighted by molar-refractivity contribution is 9.10. The van der Waals surface area contributed by atoms with Crippen molar-refractivity contribution < 1.29 is 9.47 Å². The molecule has 1 heterocycles. The lowest BCUT2D eigenvalue weighted by Crippen LogP contribution is -2.00. The summed E-state index contributed by atoms with van der Waals surface area (Å²) in [6, 6.07) is 13.1. The van der Waals surface area contributed by atoms with E-state index in [0.29, 0.717) is 28.4 Å². The quantitative estimate of drug-likeness (QED) is 0.411. The third kappa shape index (κ3) is 4.90. The third-order valence-corrected chi connectivity index (χ3v) is 4.80. The Labute approximate surface area is 163 Å². The van der Waals surface area contributed by atoms with Gasteiger partial charge in [0, 0.05) is 15.2 Å². The van der Waals surface area contributed by atoms with Crippen LogP contribution in [-0.4, -0.2) is 34.7 Å². The van der Waals surface area contributed by atoms with Gasteiger partial charge in [0.15, 0.2) is 5.82 Å². The average Bonchev–Trinajstić information content (AvgIpc) is 3.07. The zero-order valence-corrected chi connectivity index (χ0v) is 16.5. The van der Waals surface area contributed by atoms with Crippen molar-refractivity contribution in [1.82, 2.24) is 15.2 Å². The third-order valence-electron chi connectivity index (χ3n) is 3.26. The van der Waals surface area contributed by atoms with Crippen LogP contribution < -0.4 is 9.47 Å². The smallest absolute Gasteiger partial charge is 0.208 e. The Morgan fingerprint density at radius 3 is 2.92 bits per heavy atom. The molecule has 25 heavy (non-hydrogen) atoms. The molecule has 2 aromatic carbocycles. The van der Waals surface area contributed by atoms with Gasteiger partial charge < -0.3 is 9.47 Å². The summed E-state index contributed by atoms with van der Waals surface area (Å²) in [4.78, 5) is 4.48. The molecule has 0 atom stereocenters. The number of benzene rings is 2. The van der Waals surface area contributed by atoms with Gasteiger partial charge in [0.1, 0.15) is 11.5 Å². The molecule has 0 fully saturated rings. The molecule has 0 spiro atoms. The summed E-state index contributed by atoms with van der Waals surface area (Å²) in [5.74, 6) is 2.87. The summed E-state index contributed by atoms with van der Waals surface area (Å²) in [6.07, 6.45) is 0. The van der Waals surface area contributed by atoms with Crippen molar-refractivity contribution in [3.63, 3.8) is 0 Å². The van der Waals surface area contributed by atoms with Crippen LogP contribution >= 0.6 is 39.3 Å². The van der Waals surface area contributed by atoms with Crippen molar-refractivity contribution in [2.45, 2.75) is 5.16 Å². The first-order valence-electron chi connectivity index (χ1n) is 7.43. The van der Waals surface area contributed by atoms with E-state index in [1.54, 1.807) is 25.3 Å². The highest BCUT2D eigenvalue weighted by atomic mass is 79.9. The molecule has 5 nitrogen and oxygen atoms in total. The van der Waals surface area contributed by atoms with E-state index in [0.717, 1.165) is 21.5 Å². The maximum absolute atomic E-state index is 6.06. The van der Waals surface area contributed by atoms with Crippen LogP contribution in [0.25, 0.3) is 11.4 Å². The Bertz CT molecular complexity index is 859. The second kappa shape index (κ2) is 8.60. The predicted molar refractivity (Wildman–Crippen MR) is 104 cm³/mol. The van der Waals surface area contributed by atoms with Gasteiger partial charge in [-0.05, 0) is 36.4 Å². The van der Waals surface area contributed by atoms with Gasteiger partial charge in [-0.3, -0.25) is 5.10 Å². The number of hydrogen-bond acceptors (Lipinski definition) is 5. The first-order valence-corrected chi connectivity index (χ1v) is 9.59. The number of thioether (sulfide) groups is 1. The molecule has 3 rings (SSSR count). The number of aromatic nitrogens is 3. The summed E-state index contributed by atoms with van der Waals surface area (Å²) >= 11 is 11.0. The number of aromatic amines is 1. The topological polar surface area (TPSA) is 60.0 Å². The van der Waals surface area contributed by atoms with Gasteiger partial charge in [-0.25, -0.2) is 4.98 Å². The lowest BCUT2D eigenvalue weighted by Gasteiger charge is -2.05. The van der Waals surface area contributed by atoms with Crippen LogP contribution in [-0.2, 0) is 0 Å². The highest BCUT2D eigenvalue weighted by Crippen LogP contribution is 2.31. The van der Waals surface area contributed by atoms with E-state index in [9.17, 15) is 0 Å². The van der Waals surface area contributed by atoms with Crippen LogP contribution in [0.1, 0.15) is 0 Å². The summed E-state index contributed by atoms with van der Waals surface area (Å²) in [5, 5.41) is 8.41. The van der Waals surface area contributed by atoms with Crippen LogP contribution in [0.5, 0.6) is 11.5 Å². The van der Waals surface area contributed by atoms with Gasteiger partial charge in [0.05, 0.1) is 19.3 Å². The van der Waals surface area contributed by atoms with Crippen molar-refractivity contribution in [2.24, 2.45) is 0 Å².